The largest absolute Gasteiger partial charge is 0.351 e. The van der Waals surface area contributed by atoms with Crippen molar-refractivity contribution in [2.45, 2.75) is 29.6 Å². The molecule has 0 spiro atoms. The van der Waals surface area contributed by atoms with Crippen LogP contribution in [0.5, 0.6) is 0 Å². The number of aryl methyl sites for hydroxylation is 1. The zero-order valence-electron chi connectivity index (χ0n) is 15.7. The zero-order valence-corrected chi connectivity index (χ0v) is 18.0. The number of thioether (sulfide) groups is 1. The maximum absolute atomic E-state index is 12.7. The minimum Gasteiger partial charge on any atom is -0.351 e. The van der Waals surface area contributed by atoms with E-state index in [-0.39, 0.29) is 10.8 Å². The van der Waals surface area contributed by atoms with Crippen LogP contribution in [0.1, 0.15) is 28.8 Å². The van der Waals surface area contributed by atoms with Gasteiger partial charge in [-0.3, -0.25) is 4.79 Å². The van der Waals surface area contributed by atoms with Crippen LogP contribution in [-0.2, 0) is 10.0 Å². The van der Waals surface area contributed by atoms with Gasteiger partial charge in [0.15, 0.2) is 0 Å². The predicted molar refractivity (Wildman–Crippen MR) is 114 cm³/mol. The third-order valence-corrected chi connectivity index (χ3v) is 7.79. The molecule has 1 saturated heterocycles. The van der Waals surface area contributed by atoms with Crippen molar-refractivity contribution >= 4 is 39.3 Å². The number of amides is 1. The Hall–Kier alpha value is -1.54. The molecule has 2 aromatic rings. The van der Waals surface area contributed by atoms with Crippen LogP contribution in [0.25, 0.3) is 0 Å². The van der Waals surface area contributed by atoms with E-state index in [0.717, 1.165) is 23.3 Å². The Morgan fingerprint density at radius 1 is 1.14 bits per heavy atom. The first kappa shape index (κ1) is 21.2. The van der Waals surface area contributed by atoms with Crippen LogP contribution in [0.15, 0.2) is 52.3 Å². The molecule has 0 radical (unpaired) electrons. The fourth-order valence-electron chi connectivity index (χ4n) is 3.04. The molecule has 0 bridgehead atoms. The molecule has 0 unspecified atom stereocenters. The van der Waals surface area contributed by atoms with Gasteiger partial charge < -0.3 is 5.32 Å². The van der Waals surface area contributed by atoms with E-state index in [1.54, 1.807) is 23.9 Å². The van der Waals surface area contributed by atoms with Crippen molar-refractivity contribution in [3.05, 3.63) is 58.6 Å². The zero-order chi connectivity index (χ0) is 20.1. The number of carbonyl (C=O) groups excluding carboxylic acids is 1. The second-order valence-electron chi connectivity index (χ2n) is 6.65. The summed E-state index contributed by atoms with van der Waals surface area (Å²) in [6, 6.07) is 12.3. The highest BCUT2D eigenvalue weighted by Gasteiger charge is 2.28. The average Bonchev–Trinajstić information content (AvgIpc) is 3.22. The topological polar surface area (TPSA) is 66.5 Å². The highest BCUT2D eigenvalue weighted by molar-refractivity contribution is 7.99. The van der Waals surface area contributed by atoms with E-state index in [4.69, 9.17) is 11.6 Å². The average molecular weight is 439 g/mol. The monoisotopic (exact) mass is 438 g/mol. The fraction of sp³-hybridized carbons (Fsp3) is 0.350. The van der Waals surface area contributed by atoms with Gasteiger partial charge in [-0.15, -0.1) is 11.8 Å². The highest BCUT2D eigenvalue weighted by atomic mass is 35.5. The fourth-order valence-corrected chi connectivity index (χ4v) is 5.48. The Morgan fingerprint density at radius 3 is 2.50 bits per heavy atom. The van der Waals surface area contributed by atoms with Gasteiger partial charge in [0.1, 0.15) is 0 Å². The third-order valence-electron chi connectivity index (χ3n) is 4.63. The van der Waals surface area contributed by atoms with E-state index < -0.39 is 10.0 Å². The minimum absolute atomic E-state index is 0.181. The second-order valence-corrected chi connectivity index (χ2v) is 10.2. The van der Waals surface area contributed by atoms with Gasteiger partial charge in [-0.25, -0.2) is 8.42 Å². The van der Waals surface area contributed by atoms with Gasteiger partial charge in [-0.05, 0) is 61.7 Å². The standard InChI is InChI=1S/C20H23ClN2O3S2/c1-15-4-9-18(28(25,26)23-11-2-3-12-23)14-19(15)20(24)22-10-13-27-17-7-5-16(21)6-8-17/h4-9,14H,2-3,10-13H2,1H3,(H,22,24). The summed E-state index contributed by atoms with van der Waals surface area (Å²) in [5.74, 6) is 0.450. The van der Waals surface area contributed by atoms with E-state index in [9.17, 15) is 13.2 Å². The number of nitrogens with zero attached hydrogens (tertiary/aromatic N) is 1. The molecule has 2 aromatic carbocycles. The van der Waals surface area contributed by atoms with Crippen LogP contribution in [0.3, 0.4) is 0 Å². The van der Waals surface area contributed by atoms with Crippen molar-refractivity contribution in [2.75, 3.05) is 25.4 Å². The second kappa shape index (κ2) is 9.31. The van der Waals surface area contributed by atoms with E-state index in [1.165, 1.54) is 10.4 Å². The van der Waals surface area contributed by atoms with Crippen molar-refractivity contribution in [1.82, 2.24) is 9.62 Å². The molecule has 1 amide bonds. The van der Waals surface area contributed by atoms with Crippen LogP contribution in [0, 0.1) is 6.92 Å². The SMILES string of the molecule is Cc1ccc(S(=O)(=O)N2CCCC2)cc1C(=O)NCCSc1ccc(Cl)cc1. The smallest absolute Gasteiger partial charge is 0.251 e. The molecule has 0 aromatic heterocycles. The number of benzene rings is 2. The molecule has 28 heavy (non-hydrogen) atoms. The molecule has 3 rings (SSSR count). The lowest BCUT2D eigenvalue weighted by Gasteiger charge is -2.17. The highest BCUT2D eigenvalue weighted by Crippen LogP contribution is 2.23. The quantitative estimate of drug-likeness (QED) is 0.525. The summed E-state index contributed by atoms with van der Waals surface area (Å²) in [5.41, 5.74) is 1.15. The summed E-state index contributed by atoms with van der Waals surface area (Å²) in [7, 11) is -3.54. The number of hydrogen-bond acceptors (Lipinski definition) is 4. The molecule has 1 aliphatic rings. The molecule has 8 heteroatoms. The summed E-state index contributed by atoms with van der Waals surface area (Å²) < 4.78 is 27.0. The molecule has 0 atom stereocenters. The molecule has 1 N–H and O–H groups in total. The van der Waals surface area contributed by atoms with Crippen molar-refractivity contribution in [1.29, 1.82) is 0 Å². The van der Waals surface area contributed by atoms with E-state index in [1.807, 2.05) is 31.2 Å². The molecule has 1 fully saturated rings. The molecule has 5 nitrogen and oxygen atoms in total. The Kier molecular flexibility index (Phi) is 7.04. The van der Waals surface area contributed by atoms with Crippen LogP contribution >= 0.6 is 23.4 Å². The van der Waals surface area contributed by atoms with E-state index in [2.05, 4.69) is 5.32 Å². The van der Waals surface area contributed by atoms with E-state index in [0.29, 0.717) is 36.0 Å². The lowest BCUT2D eigenvalue weighted by Crippen LogP contribution is -2.29. The lowest BCUT2D eigenvalue weighted by molar-refractivity contribution is 0.0955. The van der Waals surface area contributed by atoms with Gasteiger partial charge in [0, 0.05) is 40.9 Å². The summed E-state index contributed by atoms with van der Waals surface area (Å²) >= 11 is 7.49. The molecule has 1 heterocycles. The number of carbonyl (C=O) groups is 1. The lowest BCUT2D eigenvalue weighted by atomic mass is 10.1. The maximum Gasteiger partial charge on any atom is 0.251 e. The van der Waals surface area contributed by atoms with Crippen molar-refractivity contribution < 1.29 is 13.2 Å². The van der Waals surface area contributed by atoms with Gasteiger partial charge in [-0.2, -0.15) is 4.31 Å². The van der Waals surface area contributed by atoms with E-state index >= 15 is 0 Å². The van der Waals surface area contributed by atoms with Crippen LogP contribution < -0.4 is 5.32 Å². The van der Waals surface area contributed by atoms with Crippen molar-refractivity contribution in [2.24, 2.45) is 0 Å². The molecular weight excluding hydrogens is 416 g/mol. The normalized spacial score (nSPS) is 14.9. The maximum atomic E-state index is 12.7. The number of halogens is 1. The van der Waals surface area contributed by atoms with Crippen molar-refractivity contribution in [3.8, 4) is 0 Å². The summed E-state index contributed by atoms with van der Waals surface area (Å²) in [5, 5.41) is 3.57. The Labute approximate surface area is 175 Å². The number of rotatable bonds is 7. The molecular formula is C20H23ClN2O3S2. The first-order valence-electron chi connectivity index (χ1n) is 9.15. The Morgan fingerprint density at radius 2 is 1.82 bits per heavy atom. The summed E-state index contributed by atoms with van der Waals surface area (Å²) in [6.45, 7) is 3.37. The van der Waals surface area contributed by atoms with Gasteiger partial charge in [0.05, 0.1) is 4.90 Å². The first-order valence-corrected chi connectivity index (χ1v) is 12.0. The van der Waals surface area contributed by atoms with Gasteiger partial charge in [-0.1, -0.05) is 17.7 Å². The van der Waals surface area contributed by atoms with Gasteiger partial charge in [0.25, 0.3) is 5.91 Å². The molecule has 1 aliphatic heterocycles. The van der Waals surface area contributed by atoms with Crippen LogP contribution in [0.4, 0.5) is 0 Å². The summed E-state index contributed by atoms with van der Waals surface area (Å²) in [4.78, 5) is 13.8. The van der Waals surface area contributed by atoms with Gasteiger partial charge in [0.2, 0.25) is 10.0 Å². The summed E-state index contributed by atoms with van der Waals surface area (Å²) in [6.07, 6.45) is 1.76. The van der Waals surface area contributed by atoms with Crippen LogP contribution in [-0.4, -0.2) is 44.0 Å². The molecule has 150 valence electrons. The predicted octanol–water partition coefficient (Wildman–Crippen LogP) is 3.96. The Balaban J connectivity index is 1.62. The first-order chi connectivity index (χ1) is 13.4. The number of hydrogen-bond donors (Lipinski definition) is 1. The molecule has 0 aliphatic carbocycles. The number of sulfonamides is 1. The Bertz CT molecular complexity index is 940. The van der Waals surface area contributed by atoms with Gasteiger partial charge >= 0.3 is 0 Å². The van der Waals surface area contributed by atoms with Crippen LogP contribution in [0.2, 0.25) is 5.02 Å². The third kappa shape index (κ3) is 5.08. The molecule has 0 saturated carbocycles. The number of nitrogens with one attached hydrogen (secondary N) is 1. The minimum atomic E-state index is -3.54. The van der Waals surface area contributed by atoms with Crippen molar-refractivity contribution in [3.63, 3.8) is 0 Å².